The highest BCUT2D eigenvalue weighted by Crippen LogP contribution is 2.28. The van der Waals surface area contributed by atoms with Crippen molar-refractivity contribution in [3.8, 4) is 5.75 Å². The molecule has 0 atom stereocenters. The van der Waals surface area contributed by atoms with Crippen LogP contribution in [0.4, 0.5) is 5.69 Å². The first-order valence-electron chi connectivity index (χ1n) is 4.43. The second-order valence-electron chi connectivity index (χ2n) is 3.16. The molecule has 0 spiro atoms. The van der Waals surface area contributed by atoms with Crippen molar-refractivity contribution < 1.29 is 4.74 Å². The third kappa shape index (κ3) is 1.28. The van der Waals surface area contributed by atoms with Crippen LogP contribution in [0.1, 0.15) is 0 Å². The molecule has 0 aliphatic carbocycles. The van der Waals surface area contributed by atoms with Crippen LogP contribution in [0.3, 0.4) is 0 Å². The summed E-state index contributed by atoms with van der Waals surface area (Å²) in [4.78, 5) is 0. The lowest BCUT2D eigenvalue weighted by molar-refractivity contribution is 0.417. The number of ether oxygens (including phenoxy) is 1. The van der Waals surface area contributed by atoms with Gasteiger partial charge in [-0.05, 0) is 6.07 Å². The average molecular weight is 191 g/mol. The first kappa shape index (κ1) is 8.87. The number of hydrogen-bond acceptors (Lipinski definition) is 3. The largest absolute Gasteiger partial charge is 0.495 e. The van der Waals surface area contributed by atoms with E-state index in [1.54, 1.807) is 11.8 Å². The van der Waals surface area contributed by atoms with Gasteiger partial charge in [-0.2, -0.15) is 5.10 Å². The summed E-state index contributed by atoms with van der Waals surface area (Å²) in [5.74, 6) is 0.818. The van der Waals surface area contributed by atoms with Crippen LogP contribution in [0.5, 0.6) is 5.75 Å². The van der Waals surface area contributed by atoms with Crippen LogP contribution >= 0.6 is 0 Å². The molecule has 0 fully saturated rings. The predicted molar refractivity (Wildman–Crippen MR) is 56.8 cm³/mol. The molecule has 4 heteroatoms. The molecule has 0 unspecified atom stereocenters. The number of hydrogen-bond donors (Lipinski definition) is 1. The lowest BCUT2D eigenvalue weighted by Crippen LogP contribution is -1.93. The van der Waals surface area contributed by atoms with Gasteiger partial charge >= 0.3 is 0 Å². The number of aryl methyl sites for hydroxylation is 1. The first-order chi connectivity index (χ1) is 6.74. The quantitative estimate of drug-likeness (QED) is 0.784. The van der Waals surface area contributed by atoms with Crippen molar-refractivity contribution in [2.75, 3.05) is 19.5 Å². The Morgan fingerprint density at radius 1 is 1.43 bits per heavy atom. The van der Waals surface area contributed by atoms with E-state index >= 15 is 0 Å². The van der Waals surface area contributed by atoms with Gasteiger partial charge in [-0.3, -0.25) is 4.68 Å². The van der Waals surface area contributed by atoms with Crippen molar-refractivity contribution in [3.63, 3.8) is 0 Å². The maximum atomic E-state index is 5.24. The van der Waals surface area contributed by atoms with Crippen LogP contribution in [-0.4, -0.2) is 23.9 Å². The van der Waals surface area contributed by atoms with E-state index in [4.69, 9.17) is 4.74 Å². The summed E-state index contributed by atoms with van der Waals surface area (Å²) in [6.45, 7) is 0. The molecule has 1 N–H and O–H groups in total. The summed E-state index contributed by atoms with van der Waals surface area (Å²) in [5, 5.41) is 8.50. The van der Waals surface area contributed by atoms with Gasteiger partial charge in [-0.25, -0.2) is 0 Å². The standard InChI is InChI=1S/C10H13N3O/c1-11-9-4-7-6-13(2)12-8(7)5-10(9)14-3/h4-6,11H,1-3H3. The van der Waals surface area contributed by atoms with E-state index in [0.717, 1.165) is 22.3 Å². The molecule has 2 rings (SSSR count). The Labute approximate surface area is 82.5 Å². The number of methoxy groups -OCH3 is 1. The van der Waals surface area contributed by atoms with Gasteiger partial charge in [0.05, 0.1) is 18.3 Å². The number of rotatable bonds is 2. The number of benzene rings is 1. The molecule has 1 aromatic carbocycles. The van der Waals surface area contributed by atoms with Crippen LogP contribution in [-0.2, 0) is 7.05 Å². The Bertz CT molecular complexity index is 421. The average Bonchev–Trinajstić information content (AvgIpc) is 2.54. The van der Waals surface area contributed by atoms with E-state index < -0.39 is 0 Å². The number of aromatic nitrogens is 2. The summed E-state index contributed by atoms with van der Waals surface area (Å²) in [5.41, 5.74) is 1.93. The monoisotopic (exact) mass is 191 g/mol. The van der Waals surface area contributed by atoms with Crippen LogP contribution < -0.4 is 10.1 Å². The van der Waals surface area contributed by atoms with Crippen LogP contribution in [0.25, 0.3) is 10.9 Å². The number of fused-ring (bicyclic) bond motifs is 1. The van der Waals surface area contributed by atoms with Crippen LogP contribution in [0.15, 0.2) is 18.3 Å². The fraction of sp³-hybridized carbons (Fsp3) is 0.300. The Morgan fingerprint density at radius 2 is 2.21 bits per heavy atom. The number of nitrogens with zero attached hydrogens (tertiary/aromatic N) is 2. The molecule has 0 bridgehead atoms. The molecule has 4 nitrogen and oxygen atoms in total. The Hall–Kier alpha value is -1.71. The molecule has 1 aromatic heterocycles. The second kappa shape index (κ2) is 3.21. The van der Waals surface area contributed by atoms with E-state index in [1.807, 2.05) is 32.4 Å². The zero-order valence-electron chi connectivity index (χ0n) is 8.53. The zero-order valence-corrected chi connectivity index (χ0v) is 8.53. The van der Waals surface area contributed by atoms with Crippen molar-refractivity contribution in [1.29, 1.82) is 0 Å². The third-order valence-corrected chi connectivity index (χ3v) is 2.21. The molecular weight excluding hydrogens is 178 g/mol. The summed E-state index contributed by atoms with van der Waals surface area (Å²) in [6, 6.07) is 3.96. The topological polar surface area (TPSA) is 39.1 Å². The minimum atomic E-state index is 0.818. The van der Waals surface area contributed by atoms with Crippen molar-refractivity contribution in [2.45, 2.75) is 0 Å². The highest BCUT2D eigenvalue weighted by molar-refractivity contribution is 5.85. The fourth-order valence-electron chi connectivity index (χ4n) is 1.54. The van der Waals surface area contributed by atoms with Crippen LogP contribution in [0, 0.1) is 0 Å². The van der Waals surface area contributed by atoms with Gasteiger partial charge in [-0.1, -0.05) is 0 Å². The van der Waals surface area contributed by atoms with Gasteiger partial charge in [-0.15, -0.1) is 0 Å². The molecule has 1 heterocycles. The molecule has 0 amide bonds. The Morgan fingerprint density at radius 3 is 2.86 bits per heavy atom. The molecule has 74 valence electrons. The predicted octanol–water partition coefficient (Wildman–Crippen LogP) is 1.62. The summed E-state index contributed by atoms with van der Waals surface area (Å²) < 4.78 is 7.04. The highest BCUT2D eigenvalue weighted by atomic mass is 16.5. The van der Waals surface area contributed by atoms with E-state index in [1.165, 1.54) is 0 Å². The summed E-state index contributed by atoms with van der Waals surface area (Å²) in [6.07, 6.45) is 1.98. The van der Waals surface area contributed by atoms with Gasteiger partial charge in [0.2, 0.25) is 0 Å². The van der Waals surface area contributed by atoms with Gasteiger partial charge in [0, 0.05) is 31.7 Å². The van der Waals surface area contributed by atoms with E-state index in [2.05, 4.69) is 10.4 Å². The molecule has 0 saturated carbocycles. The van der Waals surface area contributed by atoms with Gasteiger partial charge in [0.1, 0.15) is 5.75 Å². The molecular formula is C10H13N3O. The number of nitrogens with one attached hydrogen (secondary N) is 1. The van der Waals surface area contributed by atoms with E-state index in [-0.39, 0.29) is 0 Å². The summed E-state index contributed by atoms with van der Waals surface area (Å²) >= 11 is 0. The van der Waals surface area contributed by atoms with Crippen molar-refractivity contribution >= 4 is 16.6 Å². The molecule has 0 aliphatic heterocycles. The third-order valence-electron chi connectivity index (χ3n) is 2.21. The van der Waals surface area contributed by atoms with E-state index in [9.17, 15) is 0 Å². The fourth-order valence-corrected chi connectivity index (χ4v) is 1.54. The van der Waals surface area contributed by atoms with Crippen molar-refractivity contribution in [2.24, 2.45) is 7.05 Å². The molecule has 0 aliphatic rings. The van der Waals surface area contributed by atoms with Crippen molar-refractivity contribution in [1.82, 2.24) is 9.78 Å². The SMILES string of the molecule is CNc1cc2cn(C)nc2cc1OC. The highest BCUT2D eigenvalue weighted by Gasteiger charge is 2.05. The zero-order chi connectivity index (χ0) is 10.1. The maximum Gasteiger partial charge on any atom is 0.144 e. The maximum absolute atomic E-state index is 5.24. The van der Waals surface area contributed by atoms with Crippen LogP contribution in [0.2, 0.25) is 0 Å². The molecule has 2 aromatic rings. The van der Waals surface area contributed by atoms with Gasteiger partial charge in [0.15, 0.2) is 0 Å². The Kier molecular flexibility index (Phi) is 2.04. The minimum Gasteiger partial charge on any atom is -0.495 e. The lowest BCUT2D eigenvalue weighted by atomic mass is 10.2. The van der Waals surface area contributed by atoms with Gasteiger partial charge < -0.3 is 10.1 Å². The Balaban J connectivity index is 2.68. The molecule has 0 radical (unpaired) electrons. The van der Waals surface area contributed by atoms with Crippen molar-refractivity contribution in [3.05, 3.63) is 18.3 Å². The van der Waals surface area contributed by atoms with E-state index in [0.29, 0.717) is 0 Å². The molecule has 14 heavy (non-hydrogen) atoms. The number of anilines is 1. The summed E-state index contributed by atoms with van der Waals surface area (Å²) in [7, 11) is 5.44. The second-order valence-corrected chi connectivity index (χ2v) is 3.16. The minimum absolute atomic E-state index is 0.818. The van der Waals surface area contributed by atoms with Gasteiger partial charge in [0.25, 0.3) is 0 Å². The smallest absolute Gasteiger partial charge is 0.144 e. The normalized spacial score (nSPS) is 10.5. The molecule has 0 saturated heterocycles. The first-order valence-corrected chi connectivity index (χ1v) is 4.43. The lowest BCUT2D eigenvalue weighted by Gasteiger charge is -2.06.